The van der Waals surface area contributed by atoms with E-state index < -0.39 is 5.56 Å². The first-order chi connectivity index (χ1) is 18.4. The summed E-state index contributed by atoms with van der Waals surface area (Å²) in [4.78, 5) is 22.7. The molecule has 2 aromatic carbocycles. The number of hydrogen-bond donors (Lipinski definition) is 3. The van der Waals surface area contributed by atoms with Crippen LogP contribution < -0.4 is 5.56 Å². The third kappa shape index (κ3) is 6.47. The van der Waals surface area contributed by atoms with E-state index >= 15 is 0 Å². The number of β-amino-alcohol motifs (C(OH)–C–C–N with tert-alkyl or cyclic N) is 1. The molecule has 0 amide bonds. The summed E-state index contributed by atoms with van der Waals surface area (Å²) in [6, 6.07) is 12.9. The Morgan fingerprint density at radius 2 is 1.87 bits per heavy atom. The number of hydrogen-bond acceptors (Lipinski definition) is 7. The van der Waals surface area contributed by atoms with Gasteiger partial charge in [0.05, 0.1) is 36.9 Å². The number of aromatic nitrogens is 2. The number of aliphatic hydroxyl groups is 1. The number of morpholine rings is 1. The first-order valence-corrected chi connectivity index (χ1v) is 12.8. The molecule has 2 aliphatic rings. The Kier molecular flexibility index (Phi) is 8.15. The summed E-state index contributed by atoms with van der Waals surface area (Å²) in [6.45, 7) is 5.63. The highest BCUT2D eigenvalue weighted by Crippen LogP contribution is 2.26. The van der Waals surface area contributed by atoms with Gasteiger partial charge in [0, 0.05) is 57.2 Å². The van der Waals surface area contributed by atoms with Crippen LogP contribution in [0.25, 0.3) is 0 Å². The van der Waals surface area contributed by atoms with E-state index in [1.807, 2.05) is 30.3 Å². The molecular formula is C29H31FN4O4. The van der Waals surface area contributed by atoms with E-state index in [1.54, 1.807) is 12.1 Å². The van der Waals surface area contributed by atoms with Crippen LogP contribution in [-0.2, 0) is 17.7 Å². The van der Waals surface area contributed by atoms with Crippen LogP contribution in [0, 0.1) is 17.7 Å². The van der Waals surface area contributed by atoms with Gasteiger partial charge in [0.2, 0.25) is 5.75 Å². The fourth-order valence-corrected chi connectivity index (χ4v) is 4.86. The predicted octanol–water partition coefficient (Wildman–Crippen LogP) is 1.85. The van der Waals surface area contributed by atoms with Crippen molar-refractivity contribution in [2.45, 2.75) is 25.0 Å². The lowest BCUT2D eigenvalue weighted by molar-refractivity contribution is -0.00129. The molecule has 1 unspecified atom stereocenters. The van der Waals surface area contributed by atoms with Crippen molar-refractivity contribution < 1.29 is 19.3 Å². The van der Waals surface area contributed by atoms with Gasteiger partial charge in [-0.2, -0.15) is 0 Å². The number of nitrogens with zero attached hydrogens (tertiary/aromatic N) is 3. The number of ether oxygens (including phenoxy) is 1. The monoisotopic (exact) mass is 518 g/mol. The van der Waals surface area contributed by atoms with E-state index in [1.165, 1.54) is 6.33 Å². The number of rotatable bonds is 7. The van der Waals surface area contributed by atoms with Crippen LogP contribution >= 0.6 is 0 Å². The molecule has 198 valence electrons. The highest BCUT2D eigenvalue weighted by molar-refractivity contribution is 5.45. The minimum Gasteiger partial charge on any atom is -0.502 e. The van der Waals surface area contributed by atoms with Gasteiger partial charge in [0.15, 0.2) is 0 Å². The van der Waals surface area contributed by atoms with Gasteiger partial charge in [-0.15, -0.1) is 0 Å². The Balaban J connectivity index is 1.28. The molecule has 1 aromatic heterocycles. The molecule has 3 N–H and O–H groups in total. The van der Waals surface area contributed by atoms with Crippen LogP contribution in [0.5, 0.6) is 5.75 Å². The van der Waals surface area contributed by atoms with Gasteiger partial charge in [-0.1, -0.05) is 30.0 Å². The lowest BCUT2D eigenvalue weighted by atomic mass is 9.91. The normalized spacial score (nSPS) is 17.4. The smallest absolute Gasteiger partial charge is 0.293 e. The van der Waals surface area contributed by atoms with Gasteiger partial charge in [-0.05, 0) is 35.4 Å². The maximum Gasteiger partial charge on any atom is 0.293 e. The Bertz CT molecular complexity index is 1370. The molecule has 0 radical (unpaired) electrons. The summed E-state index contributed by atoms with van der Waals surface area (Å²) in [5.41, 5.74) is 2.78. The first kappa shape index (κ1) is 26.1. The molecule has 0 spiro atoms. The van der Waals surface area contributed by atoms with E-state index in [-0.39, 0.29) is 23.6 Å². The molecule has 8 nitrogen and oxygen atoms in total. The second-order valence-electron chi connectivity index (χ2n) is 9.88. The molecule has 0 aliphatic carbocycles. The molecule has 38 heavy (non-hydrogen) atoms. The van der Waals surface area contributed by atoms with E-state index in [0.717, 1.165) is 29.8 Å². The standard InChI is InChI=1S/C29H31FN4O4/c30-26-13-21(15-33-9-11-38-12-10-33)4-8-23(26)7-3-20-1-5-22(6-2-20)24(16-34-17-25(35)18-34)14-27-28(36)29(37)32-19-31-27/h1-2,4-6,8,13,19,24-25,35-36H,9-12,14-18H2,(H,31,32,37). The Morgan fingerprint density at radius 3 is 2.58 bits per heavy atom. The molecule has 0 bridgehead atoms. The summed E-state index contributed by atoms with van der Waals surface area (Å²) in [6.07, 6.45) is 1.33. The zero-order valence-electron chi connectivity index (χ0n) is 21.1. The number of aromatic hydroxyl groups is 1. The summed E-state index contributed by atoms with van der Waals surface area (Å²) in [7, 11) is 0. The second kappa shape index (κ2) is 11.9. The Hall–Kier alpha value is -3.55. The number of H-pyrrole nitrogens is 1. The minimum atomic E-state index is -0.569. The van der Waals surface area contributed by atoms with Crippen molar-refractivity contribution in [2.24, 2.45) is 0 Å². The number of halogens is 1. The summed E-state index contributed by atoms with van der Waals surface area (Å²) < 4.78 is 20.1. The highest BCUT2D eigenvalue weighted by atomic mass is 19.1. The zero-order chi connectivity index (χ0) is 26.5. The van der Waals surface area contributed by atoms with Crippen LogP contribution in [0.3, 0.4) is 0 Å². The van der Waals surface area contributed by atoms with Crippen molar-refractivity contribution in [3.05, 3.63) is 92.9 Å². The lowest BCUT2D eigenvalue weighted by Crippen LogP contribution is -2.52. The molecule has 2 saturated heterocycles. The maximum atomic E-state index is 14.7. The van der Waals surface area contributed by atoms with Crippen molar-refractivity contribution in [3.8, 4) is 17.6 Å². The second-order valence-corrected chi connectivity index (χ2v) is 9.88. The lowest BCUT2D eigenvalue weighted by Gasteiger charge is -2.38. The molecule has 5 rings (SSSR count). The van der Waals surface area contributed by atoms with E-state index in [4.69, 9.17) is 4.74 Å². The van der Waals surface area contributed by atoms with E-state index in [0.29, 0.717) is 57.1 Å². The van der Waals surface area contributed by atoms with Crippen molar-refractivity contribution >= 4 is 0 Å². The first-order valence-electron chi connectivity index (χ1n) is 12.8. The molecule has 2 aliphatic heterocycles. The number of benzene rings is 2. The van der Waals surface area contributed by atoms with Gasteiger partial charge in [-0.25, -0.2) is 9.37 Å². The number of likely N-dealkylation sites (tertiary alicyclic amines) is 1. The van der Waals surface area contributed by atoms with Crippen molar-refractivity contribution in [3.63, 3.8) is 0 Å². The average Bonchev–Trinajstić information content (AvgIpc) is 2.90. The average molecular weight is 519 g/mol. The number of nitrogens with one attached hydrogen (secondary N) is 1. The Labute approximate surface area is 220 Å². The van der Waals surface area contributed by atoms with Gasteiger partial charge < -0.3 is 19.9 Å². The van der Waals surface area contributed by atoms with Gasteiger partial charge in [-0.3, -0.25) is 14.6 Å². The molecule has 0 saturated carbocycles. The Morgan fingerprint density at radius 1 is 1.11 bits per heavy atom. The van der Waals surface area contributed by atoms with Gasteiger partial charge in [0.25, 0.3) is 5.56 Å². The maximum absolute atomic E-state index is 14.7. The zero-order valence-corrected chi connectivity index (χ0v) is 21.1. The number of aliphatic hydroxyl groups excluding tert-OH is 1. The molecular weight excluding hydrogens is 487 g/mol. The predicted molar refractivity (Wildman–Crippen MR) is 140 cm³/mol. The third-order valence-corrected chi connectivity index (χ3v) is 7.03. The van der Waals surface area contributed by atoms with Crippen LogP contribution in [-0.4, -0.2) is 82.0 Å². The molecule has 3 heterocycles. The molecule has 9 heteroatoms. The van der Waals surface area contributed by atoms with Gasteiger partial charge in [0.1, 0.15) is 5.82 Å². The third-order valence-electron chi connectivity index (χ3n) is 7.03. The molecule has 3 aromatic rings. The van der Waals surface area contributed by atoms with Crippen LogP contribution in [0.15, 0.2) is 53.6 Å². The molecule has 2 fully saturated rings. The quantitative estimate of drug-likeness (QED) is 0.411. The fourth-order valence-electron chi connectivity index (χ4n) is 4.86. The topological polar surface area (TPSA) is 102 Å². The molecule has 1 atom stereocenters. The van der Waals surface area contributed by atoms with Crippen molar-refractivity contribution in [2.75, 3.05) is 45.9 Å². The fraction of sp³-hybridized carbons (Fsp3) is 0.379. The SMILES string of the molecule is O=c1[nH]cnc(CC(CN2CC(O)C2)c2ccc(C#Cc3ccc(CN4CCOCC4)cc3F)cc2)c1O. The minimum absolute atomic E-state index is 0.0545. The van der Waals surface area contributed by atoms with Crippen LogP contribution in [0.4, 0.5) is 4.39 Å². The van der Waals surface area contributed by atoms with Crippen molar-refractivity contribution in [1.82, 2.24) is 19.8 Å². The summed E-state index contributed by atoms with van der Waals surface area (Å²) in [5, 5.41) is 19.9. The van der Waals surface area contributed by atoms with E-state index in [2.05, 4.69) is 31.6 Å². The van der Waals surface area contributed by atoms with E-state index in [9.17, 15) is 19.4 Å². The summed E-state index contributed by atoms with van der Waals surface area (Å²) in [5.74, 6) is 5.23. The van der Waals surface area contributed by atoms with Crippen molar-refractivity contribution in [1.29, 1.82) is 0 Å². The summed E-state index contributed by atoms with van der Waals surface area (Å²) >= 11 is 0. The highest BCUT2D eigenvalue weighted by Gasteiger charge is 2.28. The van der Waals surface area contributed by atoms with Crippen LogP contribution in [0.2, 0.25) is 0 Å². The van der Waals surface area contributed by atoms with Gasteiger partial charge >= 0.3 is 0 Å². The number of aromatic amines is 1. The van der Waals surface area contributed by atoms with Crippen LogP contribution in [0.1, 0.15) is 33.9 Å². The largest absolute Gasteiger partial charge is 0.502 e.